The highest BCUT2D eigenvalue weighted by Crippen LogP contribution is 2.62. The van der Waals surface area contributed by atoms with Gasteiger partial charge in [-0.15, -0.1) is 0 Å². The molecule has 5 heteroatoms. The summed E-state index contributed by atoms with van der Waals surface area (Å²) in [5.74, 6) is 6.73. The van der Waals surface area contributed by atoms with Crippen LogP contribution in [0, 0.1) is 41.4 Å². The maximum absolute atomic E-state index is 5.60. The van der Waals surface area contributed by atoms with Gasteiger partial charge in [0.15, 0.2) is 0 Å². The monoisotopic (exact) mass is 1330 g/mol. The molecule has 2 aliphatic heterocycles. The molecule has 8 saturated carbocycles. The van der Waals surface area contributed by atoms with Crippen molar-refractivity contribution < 1.29 is 0 Å². The second kappa shape index (κ2) is 21.2. The van der Waals surface area contributed by atoms with E-state index in [2.05, 4.69) is 269 Å². The van der Waals surface area contributed by atoms with Crippen molar-refractivity contribution in [3.8, 4) is 67.3 Å². The zero-order chi connectivity index (χ0) is 68.3. The van der Waals surface area contributed by atoms with Crippen LogP contribution >= 0.6 is 0 Å². The summed E-state index contributed by atoms with van der Waals surface area (Å²) < 4.78 is 5.47. The average molecular weight is 1330 g/mol. The summed E-state index contributed by atoms with van der Waals surface area (Å²) in [6, 6.07) is 86.6. The van der Waals surface area contributed by atoms with Crippen LogP contribution in [0.1, 0.15) is 140 Å². The first-order valence-corrected chi connectivity index (χ1v) is 39.1. The van der Waals surface area contributed by atoms with Crippen LogP contribution in [0.2, 0.25) is 0 Å². The van der Waals surface area contributed by atoms with Crippen molar-refractivity contribution in [2.75, 3.05) is 0 Å². The van der Waals surface area contributed by atoms with Gasteiger partial charge in [-0.3, -0.25) is 0 Å². The number of hydrogen-bond acceptors (Lipinski definition) is 2. The Bertz CT molecular complexity index is 6090. The van der Waals surface area contributed by atoms with Crippen molar-refractivity contribution in [1.82, 2.24) is 19.1 Å². The summed E-state index contributed by atoms with van der Waals surface area (Å²) in [4.78, 5) is 11.2. The molecule has 500 valence electrons. The fourth-order valence-corrected chi connectivity index (χ4v) is 24.2. The number of nitrogens with zero attached hydrogens (tertiary/aromatic N) is 4. The average Bonchev–Trinajstić information content (AvgIpc) is 1.53. The van der Waals surface area contributed by atoms with Crippen LogP contribution in [0.3, 0.4) is 0 Å². The van der Waals surface area contributed by atoms with Crippen molar-refractivity contribution in [2.24, 2.45) is 41.4 Å². The molecule has 15 aromatic rings. The lowest BCUT2D eigenvalue weighted by Gasteiger charge is -2.57. The summed E-state index contributed by atoms with van der Waals surface area (Å²) in [6.45, 7) is 14.2. The van der Waals surface area contributed by atoms with Crippen LogP contribution in [0.5, 0.6) is 0 Å². The zero-order valence-electron chi connectivity index (χ0n) is 60.1. The molecule has 8 aliphatic carbocycles. The second-order valence-corrected chi connectivity index (χ2v) is 35.9. The molecule has 10 aliphatic rings. The molecule has 0 radical (unpaired) electrons. The number of rotatable bonds is 7. The van der Waals surface area contributed by atoms with Crippen LogP contribution in [0.25, 0.3) is 143 Å². The Morgan fingerprint density at radius 2 is 0.893 bits per heavy atom. The Balaban J connectivity index is 0.851. The molecule has 0 unspecified atom stereocenters. The van der Waals surface area contributed by atoms with Crippen molar-refractivity contribution in [1.29, 1.82) is 0 Å². The van der Waals surface area contributed by atoms with E-state index in [9.17, 15) is 0 Å². The highest BCUT2D eigenvalue weighted by molar-refractivity contribution is 7.00. The van der Waals surface area contributed by atoms with E-state index in [0.717, 1.165) is 75.1 Å². The lowest BCUT2D eigenvalue weighted by molar-refractivity contribution is -0.00518. The van der Waals surface area contributed by atoms with Crippen LogP contribution < -0.4 is 16.4 Å². The third-order valence-corrected chi connectivity index (χ3v) is 28.0. The van der Waals surface area contributed by atoms with E-state index >= 15 is 0 Å². The van der Waals surface area contributed by atoms with Gasteiger partial charge in [0.1, 0.15) is 6.33 Å². The third-order valence-electron chi connectivity index (χ3n) is 28.0. The molecule has 12 aromatic carbocycles. The van der Waals surface area contributed by atoms with Crippen molar-refractivity contribution >= 4 is 99.0 Å². The summed E-state index contributed by atoms with van der Waals surface area (Å²) >= 11 is 0. The van der Waals surface area contributed by atoms with Gasteiger partial charge in [0.2, 0.25) is 0 Å². The van der Waals surface area contributed by atoms with Crippen molar-refractivity contribution in [3.05, 3.63) is 247 Å². The highest BCUT2D eigenvalue weighted by atomic mass is 15.0. The van der Waals surface area contributed by atoms with Gasteiger partial charge in [0.05, 0.1) is 22.4 Å². The van der Waals surface area contributed by atoms with E-state index in [-0.39, 0.29) is 23.0 Å². The first kappa shape index (κ1) is 59.7. The molecule has 103 heavy (non-hydrogen) atoms. The number of fused-ring (bicyclic) bond motifs is 17. The fraction of sp³-hybridized carbons (Fsp3) is 0.286. The van der Waals surface area contributed by atoms with Gasteiger partial charge in [-0.1, -0.05) is 217 Å². The normalized spacial score (nSPS) is 23.4. The van der Waals surface area contributed by atoms with E-state index in [1.54, 1.807) is 5.56 Å². The largest absolute Gasteiger partial charge is 0.310 e. The van der Waals surface area contributed by atoms with Gasteiger partial charge in [-0.05, 0) is 270 Å². The van der Waals surface area contributed by atoms with Crippen molar-refractivity contribution in [3.63, 3.8) is 0 Å². The molecule has 4 nitrogen and oxygen atoms in total. The van der Waals surface area contributed by atoms with E-state index in [1.807, 2.05) is 6.33 Å². The lowest BCUT2D eigenvalue weighted by Crippen LogP contribution is -2.59. The predicted octanol–water partition coefficient (Wildman–Crippen LogP) is 23.2. The molecule has 5 heterocycles. The first-order chi connectivity index (χ1) is 50.2. The molecule has 0 atom stereocenters. The fourth-order valence-electron chi connectivity index (χ4n) is 24.2. The SMILES string of the molecule is CC(C)(C)c1ccc2c(c1)c1cc(C(C)(C)C)cc3c1n2-c1cc(-c2c(-c4ccc(C5C6CC7CC(C6)CC5C7)cc4)ncnc2-c2ccc(C45CC6CC(CC(C6)C4)C5)cc2)cc2c1B3c1cc(-c3ccccc3-c3ccccc3)cc3c4c5c6ccccc6c6ccccc6c5ccc4n-2c13. The summed E-state index contributed by atoms with van der Waals surface area (Å²) in [6.07, 6.45) is 17.3. The standard InChI is InChI=1S/C98H85BN4/c1-96(2,3)69-32-34-83-78(48-69)79-49-70(97(4,5)6)50-82-94(79)102(83)85-46-67(88-92(62-26-24-61(25-27-62)87-65-40-55-36-56(42-65)43-66(87)41-55)100-54-101-93(88)63-28-30-68(31-29-63)98-51-57-37-58(52-98)39-59(38-57)53-98)47-86-91(85)99(82)81-45-64(72-19-11-10-18-71(72)60-16-8-7-9-17-60)44-80-90-84(103(86)95(80)81)35-33-77-75-22-13-12-20-73(75)74-21-14-15-23-76(74)89(77)90/h7-35,44-50,54-59,65-66,87H,36-43,51-53H2,1-6H3. The van der Waals surface area contributed by atoms with Crippen LogP contribution in [-0.4, -0.2) is 25.8 Å². The molecule has 0 N–H and O–H groups in total. The molecule has 25 rings (SSSR count). The van der Waals surface area contributed by atoms with Gasteiger partial charge in [-0.2, -0.15) is 0 Å². The first-order valence-electron chi connectivity index (χ1n) is 39.1. The van der Waals surface area contributed by atoms with Crippen LogP contribution in [-0.2, 0) is 16.2 Å². The van der Waals surface area contributed by atoms with E-state index in [1.165, 1.54) is 213 Å². The number of aromatic nitrogens is 4. The molecule has 3 aromatic heterocycles. The highest BCUT2D eigenvalue weighted by Gasteiger charge is 2.52. The number of hydrogen-bond donors (Lipinski definition) is 0. The molecule has 8 fully saturated rings. The van der Waals surface area contributed by atoms with Gasteiger partial charge in [-0.25, -0.2) is 9.97 Å². The lowest BCUT2D eigenvalue weighted by atomic mass is 9.34. The molecular weight excluding hydrogens is 1240 g/mol. The van der Waals surface area contributed by atoms with Crippen LogP contribution in [0.15, 0.2) is 225 Å². The summed E-state index contributed by atoms with van der Waals surface area (Å²) in [5.41, 5.74) is 28.8. The molecule has 0 amide bonds. The minimum absolute atomic E-state index is 0.0627. The smallest absolute Gasteiger partial charge is 0.252 e. The number of benzene rings is 12. The van der Waals surface area contributed by atoms with Crippen molar-refractivity contribution in [2.45, 2.75) is 134 Å². The zero-order valence-corrected chi connectivity index (χ0v) is 60.1. The third kappa shape index (κ3) is 8.54. The second-order valence-electron chi connectivity index (χ2n) is 35.9. The maximum Gasteiger partial charge on any atom is 0.252 e. The topological polar surface area (TPSA) is 35.6 Å². The molecular formula is C98H85BN4. The summed E-state index contributed by atoms with van der Waals surface area (Å²) in [7, 11) is 0. The van der Waals surface area contributed by atoms with Gasteiger partial charge < -0.3 is 9.13 Å². The van der Waals surface area contributed by atoms with Crippen LogP contribution in [0.4, 0.5) is 0 Å². The predicted molar refractivity (Wildman–Crippen MR) is 432 cm³/mol. The van der Waals surface area contributed by atoms with Gasteiger partial charge in [0, 0.05) is 66.0 Å². The van der Waals surface area contributed by atoms with Gasteiger partial charge in [0.25, 0.3) is 6.71 Å². The Kier molecular flexibility index (Phi) is 12.3. The molecule has 8 bridgehead atoms. The quantitative estimate of drug-likeness (QED) is 0.118. The maximum atomic E-state index is 5.60. The Morgan fingerprint density at radius 1 is 0.379 bits per heavy atom. The van der Waals surface area contributed by atoms with E-state index < -0.39 is 0 Å². The summed E-state index contributed by atoms with van der Waals surface area (Å²) in [5, 5.41) is 12.9. The molecule has 0 spiro atoms. The molecule has 0 saturated heterocycles. The van der Waals surface area contributed by atoms with E-state index in [0.29, 0.717) is 5.92 Å². The Labute approximate surface area is 604 Å². The Morgan fingerprint density at radius 3 is 1.52 bits per heavy atom. The minimum Gasteiger partial charge on any atom is -0.310 e. The Hall–Kier alpha value is -9.84. The van der Waals surface area contributed by atoms with E-state index in [4.69, 9.17) is 9.97 Å². The minimum atomic E-state index is -0.146. The van der Waals surface area contributed by atoms with Gasteiger partial charge >= 0.3 is 0 Å².